The minimum absolute atomic E-state index is 0.439. The second kappa shape index (κ2) is 10.9. The molecule has 0 amide bonds. The number of guanidine groups is 1. The Balaban J connectivity index is 1.82. The van der Waals surface area contributed by atoms with E-state index in [1.165, 1.54) is 0 Å². The Bertz CT molecular complexity index is 576. The van der Waals surface area contributed by atoms with Crippen LogP contribution in [0.1, 0.15) is 19.3 Å². The normalized spacial score (nSPS) is 15.8. The molecule has 1 aliphatic rings. The lowest BCUT2D eigenvalue weighted by Gasteiger charge is -2.34. The van der Waals surface area contributed by atoms with Gasteiger partial charge in [-0.05, 0) is 39.9 Å². The van der Waals surface area contributed by atoms with E-state index in [1.807, 2.05) is 13.1 Å². The predicted octanol–water partition coefficient (Wildman–Crippen LogP) is 1.79. The zero-order chi connectivity index (χ0) is 19.6. The maximum atomic E-state index is 5.39. The van der Waals surface area contributed by atoms with Gasteiger partial charge in [-0.15, -0.1) is 0 Å². The van der Waals surface area contributed by atoms with Gasteiger partial charge in [0.25, 0.3) is 0 Å². The molecule has 7 nitrogen and oxygen atoms in total. The van der Waals surface area contributed by atoms with Gasteiger partial charge in [-0.25, -0.2) is 0 Å². The molecule has 1 aliphatic heterocycles. The van der Waals surface area contributed by atoms with E-state index in [0.717, 1.165) is 68.6 Å². The number of benzene rings is 1. The number of hydrogen-bond acceptors (Lipinski definition) is 5. The number of nitrogens with one attached hydrogen (secondary N) is 2. The average molecular weight is 378 g/mol. The molecule has 1 aromatic rings. The molecule has 2 N–H and O–H groups in total. The summed E-state index contributed by atoms with van der Waals surface area (Å²) >= 11 is 0. The standard InChI is InChI=1S/C20H35N5O2/c1-21-20(22-9-6-10-24(2)3)23-16-7-11-25(12-8-16)17-13-18(26-4)15-19(14-17)27-5/h13-16H,6-12H2,1-5H3,(H2,21,22,23). The first kappa shape index (κ1) is 21.2. The second-order valence-electron chi connectivity index (χ2n) is 7.13. The largest absolute Gasteiger partial charge is 0.497 e. The summed E-state index contributed by atoms with van der Waals surface area (Å²) in [6, 6.07) is 6.49. The van der Waals surface area contributed by atoms with Gasteiger partial charge in [0.1, 0.15) is 11.5 Å². The Morgan fingerprint density at radius 1 is 1.15 bits per heavy atom. The van der Waals surface area contributed by atoms with Gasteiger partial charge in [0.2, 0.25) is 0 Å². The molecule has 0 unspecified atom stereocenters. The molecule has 27 heavy (non-hydrogen) atoms. The third-order valence-electron chi connectivity index (χ3n) is 4.84. The van der Waals surface area contributed by atoms with Gasteiger partial charge in [-0.1, -0.05) is 0 Å². The summed E-state index contributed by atoms with van der Waals surface area (Å²) in [6.45, 7) is 3.99. The van der Waals surface area contributed by atoms with Crippen molar-refractivity contribution in [3.8, 4) is 11.5 Å². The summed E-state index contributed by atoms with van der Waals surface area (Å²) in [5.74, 6) is 2.55. The summed E-state index contributed by atoms with van der Waals surface area (Å²) in [5.41, 5.74) is 1.15. The predicted molar refractivity (Wildman–Crippen MR) is 112 cm³/mol. The van der Waals surface area contributed by atoms with Crippen molar-refractivity contribution in [2.24, 2.45) is 4.99 Å². The van der Waals surface area contributed by atoms with Crippen molar-refractivity contribution in [3.63, 3.8) is 0 Å². The molecule has 1 heterocycles. The third kappa shape index (κ3) is 6.82. The number of methoxy groups -OCH3 is 2. The van der Waals surface area contributed by atoms with E-state index in [2.05, 4.69) is 51.7 Å². The van der Waals surface area contributed by atoms with E-state index in [1.54, 1.807) is 14.2 Å². The Labute approximate surface area is 163 Å². The van der Waals surface area contributed by atoms with E-state index in [-0.39, 0.29) is 0 Å². The average Bonchev–Trinajstić information content (AvgIpc) is 2.70. The monoisotopic (exact) mass is 377 g/mol. The van der Waals surface area contributed by atoms with Crippen LogP contribution in [0.15, 0.2) is 23.2 Å². The number of nitrogens with zero attached hydrogens (tertiary/aromatic N) is 3. The number of anilines is 1. The SMILES string of the molecule is CN=C(NCCCN(C)C)NC1CCN(c2cc(OC)cc(OC)c2)CC1. The number of aliphatic imine (C=N–C) groups is 1. The fraction of sp³-hybridized carbons (Fsp3) is 0.650. The summed E-state index contributed by atoms with van der Waals surface area (Å²) in [5, 5.41) is 6.97. The molecule has 1 saturated heterocycles. The van der Waals surface area contributed by atoms with Crippen LogP contribution in [0.3, 0.4) is 0 Å². The Morgan fingerprint density at radius 3 is 2.30 bits per heavy atom. The fourth-order valence-corrected chi connectivity index (χ4v) is 3.25. The van der Waals surface area contributed by atoms with E-state index >= 15 is 0 Å². The molecule has 0 saturated carbocycles. The number of rotatable bonds is 8. The van der Waals surface area contributed by atoms with Gasteiger partial charge in [-0.3, -0.25) is 4.99 Å². The minimum atomic E-state index is 0.439. The summed E-state index contributed by atoms with van der Waals surface area (Å²) in [6.07, 6.45) is 3.24. The third-order valence-corrected chi connectivity index (χ3v) is 4.84. The molecule has 2 rings (SSSR count). The van der Waals surface area contributed by atoms with Gasteiger partial charge in [-0.2, -0.15) is 0 Å². The van der Waals surface area contributed by atoms with E-state index < -0.39 is 0 Å². The van der Waals surface area contributed by atoms with Crippen LogP contribution >= 0.6 is 0 Å². The van der Waals surface area contributed by atoms with Crippen LogP contribution in [0.4, 0.5) is 5.69 Å². The van der Waals surface area contributed by atoms with Gasteiger partial charge in [0, 0.05) is 56.6 Å². The van der Waals surface area contributed by atoms with E-state index in [9.17, 15) is 0 Å². The Kier molecular flexibility index (Phi) is 8.51. The zero-order valence-corrected chi connectivity index (χ0v) is 17.4. The Hall–Kier alpha value is -2.15. The van der Waals surface area contributed by atoms with Gasteiger partial charge in [0.15, 0.2) is 5.96 Å². The van der Waals surface area contributed by atoms with Crippen molar-refractivity contribution in [3.05, 3.63) is 18.2 Å². The van der Waals surface area contributed by atoms with Crippen molar-refractivity contribution in [2.75, 3.05) is 66.4 Å². The van der Waals surface area contributed by atoms with Crippen LogP contribution in [0, 0.1) is 0 Å². The van der Waals surface area contributed by atoms with E-state index in [4.69, 9.17) is 9.47 Å². The van der Waals surface area contributed by atoms with Gasteiger partial charge in [0.05, 0.1) is 14.2 Å². The molecule has 152 valence electrons. The quantitative estimate of drug-likeness (QED) is 0.409. The molecule has 0 aliphatic carbocycles. The lowest BCUT2D eigenvalue weighted by Crippen LogP contribution is -2.49. The smallest absolute Gasteiger partial charge is 0.191 e. The second-order valence-corrected chi connectivity index (χ2v) is 7.13. The highest BCUT2D eigenvalue weighted by Crippen LogP contribution is 2.30. The molecule has 0 radical (unpaired) electrons. The number of ether oxygens (including phenoxy) is 2. The van der Waals surface area contributed by atoms with Crippen LogP contribution in [0.2, 0.25) is 0 Å². The van der Waals surface area contributed by atoms with Crippen molar-refractivity contribution in [1.29, 1.82) is 0 Å². The first-order valence-electron chi connectivity index (χ1n) is 9.65. The highest BCUT2D eigenvalue weighted by atomic mass is 16.5. The summed E-state index contributed by atoms with van der Waals surface area (Å²) in [7, 11) is 9.40. The maximum Gasteiger partial charge on any atom is 0.191 e. The number of piperidine rings is 1. The first-order chi connectivity index (χ1) is 13.0. The zero-order valence-electron chi connectivity index (χ0n) is 17.4. The Morgan fingerprint density at radius 2 is 1.78 bits per heavy atom. The van der Waals surface area contributed by atoms with E-state index in [0.29, 0.717) is 6.04 Å². The first-order valence-corrected chi connectivity index (χ1v) is 9.65. The van der Waals surface area contributed by atoms with Gasteiger partial charge < -0.3 is 29.9 Å². The lowest BCUT2D eigenvalue weighted by atomic mass is 10.0. The van der Waals surface area contributed by atoms with Crippen molar-refractivity contribution < 1.29 is 9.47 Å². The molecular weight excluding hydrogens is 342 g/mol. The molecule has 7 heteroatoms. The molecule has 0 spiro atoms. The van der Waals surface area contributed by atoms with Crippen molar-refractivity contribution in [2.45, 2.75) is 25.3 Å². The molecule has 0 atom stereocenters. The highest BCUT2D eigenvalue weighted by Gasteiger charge is 2.21. The molecule has 1 aromatic carbocycles. The topological polar surface area (TPSA) is 61.4 Å². The number of hydrogen-bond donors (Lipinski definition) is 2. The molecular formula is C20H35N5O2. The minimum Gasteiger partial charge on any atom is -0.497 e. The van der Waals surface area contributed by atoms with Crippen LogP contribution in [0.25, 0.3) is 0 Å². The summed E-state index contributed by atoms with van der Waals surface area (Å²) < 4.78 is 10.8. The van der Waals surface area contributed by atoms with Crippen LogP contribution < -0.4 is 25.0 Å². The maximum absolute atomic E-state index is 5.39. The van der Waals surface area contributed by atoms with Crippen molar-refractivity contribution in [1.82, 2.24) is 15.5 Å². The highest BCUT2D eigenvalue weighted by molar-refractivity contribution is 5.80. The molecule has 0 aromatic heterocycles. The van der Waals surface area contributed by atoms with Crippen LogP contribution in [-0.4, -0.2) is 78.4 Å². The van der Waals surface area contributed by atoms with Crippen LogP contribution in [0.5, 0.6) is 11.5 Å². The fourth-order valence-electron chi connectivity index (χ4n) is 3.25. The lowest BCUT2D eigenvalue weighted by molar-refractivity contribution is 0.393. The van der Waals surface area contributed by atoms with Crippen LogP contribution in [-0.2, 0) is 0 Å². The summed E-state index contributed by atoms with van der Waals surface area (Å²) in [4.78, 5) is 8.94. The molecule has 1 fully saturated rings. The molecule has 0 bridgehead atoms. The van der Waals surface area contributed by atoms with Crippen molar-refractivity contribution >= 4 is 11.6 Å². The van der Waals surface area contributed by atoms with Gasteiger partial charge >= 0.3 is 0 Å².